The lowest BCUT2D eigenvalue weighted by Gasteiger charge is -2.17. The normalized spacial score (nSPS) is 11.7. The van der Waals surface area contributed by atoms with Crippen molar-refractivity contribution in [2.24, 2.45) is 4.99 Å². The predicted molar refractivity (Wildman–Crippen MR) is 111 cm³/mol. The summed E-state index contributed by atoms with van der Waals surface area (Å²) in [5, 5.41) is 6.71. The summed E-state index contributed by atoms with van der Waals surface area (Å²) >= 11 is 0. The Bertz CT molecular complexity index is 552. The van der Waals surface area contributed by atoms with E-state index in [9.17, 15) is 0 Å². The van der Waals surface area contributed by atoms with Gasteiger partial charge in [-0.25, -0.2) is 0 Å². The van der Waals surface area contributed by atoms with Crippen LogP contribution in [0.5, 0.6) is 5.75 Å². The second kappa shape index (κ2) is 14.3. The highest BCUT2D eigenvalue weighted by molar-refractivity contribution is 5.79. The van der Waals surface area contributed by atoms with Crippen LogP contribution in [0, 0.1) is 6.92 Å². The van der Waals surface area contributed by atoms with Crippen LogP contribution in [0.25, 0.3) is 0 Å². The molecule has 0 bridgehead atoms. The maximum absolute atomic E-state index is 5.84. The second-order valence-corrected chi connectivity index (χ2v) is 6.45. The van der Waals surface area contributed by atoms with Gasteiger partial charge in [0.15, 0.2) is 5.96 Å². The van der Waals surface area contributed by atoms with Crippen molar-refractivity contribution in [3.05, 3.63) is 29.3 Å². The quantitative estimate of drug-likeness (QED) is 0.308. The van der Waals surface area contributed by atoms with Gasteiger partial charge in [-0.1, -0.05) is 12.1 Å². The lowest BCUT2D eigenvalue weighted by atomic mass is 10.1. The number of likely N-dealkylation sites (N-methyl/N-ethyl adjacent to an activating group) is 1. The zero-order valence-corrected chi connectivity index (χ0v) is 17.5. The zero-order chi connectivity index (χ0) is 19.9. The maximum atomic E-state index is 5.84. The second-order valence-electron chi connectivity index (χ2n) is 6.45. The van der Waals surface area contributed by atoms with Crippen LogP contribution in [0.1, 0.15) is 17.5 Å². The molecule has 0 unspecified atom stereocenters. The van der Waals surface area contributed by atoms with E-state index >= 15 is 0 Å². The number of guanidine groups is 1. The molecule has 1 aromatic rings. The first-order valence-electron chi connectivity index (χ1n) is 9.44. The van der Waals surface area contributed by atoms with E-state index in [-0.39, 0.29) is 0 Å². The van der Waals surface area contributed by atoms with Crippen molar-refractivity contribution >= 4 is 5.96 Å². The summed E-state index contributed by atoms with van der Waals surface area (Å²) < 4.78 is 16.0. The van der Waals surface area contributed by atoms with Gasteiger partial charge in [-0.3, -0.25) is 4.99 Å². The van der Waals surface area contributed by atoms with Gasteiger partial charge in [-0.2, -0.15) is 0 Å². The van der Waals surface area contributed by atoms with Crippen LogP contribution in [-0.2, 0) is 16.0 Å². The summed E-state index contributed by atoms with van der Waals surface area (Å²) in [5.74, 6) is 1.67. The first-order chi connectivity index (χ1) is 13.1. The minimum absolute atomic E-state index is 0.538. The molecule has 0 aromatic heterocycles. The van der Waals surface area contributed by atoms with Gasteiger partial charge in [0, 0.05) is 46.5 Å². The zero-order valence-electron chi connectivity index (χ0n) is 17.5. The summed E-state index contributed by atoms with van der Waals surface area (Å²) in [4.78, 5) is 6.55. The fourth-order valence-electron chi connectivity index (χ4n) is 2.49. The molecule has 2 N–H and O–H groups in total. The minimum atomic E-state index is 0.538. The van der Waals surface area contributed by atoms with Crippen LogP contribution < -0.4 is 15.4 Å². The van der Waals surface area contributed by atoms with Gasteiger partial charge in [0.1, 0.15) is 12.4 Å². The molecule has 0 fully saturated rings. The van der Waals surface area contributed by atoms with E-state index in [1.165, 1.54) is 5.56 Å². The van der Waals surface area contributed by atoms with Gasteiger partial charge in [0.25, 0.3) is 0 Å². The van der Waals surface area contributed by atoms with Crippen molar-refractivity contribution in [1.29, 1.82) is 0 Å². The number of aliphatic imine (C=N–C) groups is 1. The van der Waals surface area contributed by atoms with Gasteiger partial charge in [0.2, 0.25) is 0 Å². The van der Waals surface area contributed by atoms with E-state index in [0.29, 0.717) is 19.8 Å². The molecule has 1 rings (SSSR count). The molecule has 0 aliphatic carbocycles. The molecule has 0 amide bonds. The number of benzene rings is 1. The van der Waals surface area contributed by atoms with Gasteiger partial charge in [0.05, 0.1) is 13.2 Å². The van der Waals surface area contributed by atoms with E-state index in [1.807, 2.05) is 0 Å². The van der Waals surface area contributed by atoms with Crippen LogP contribution >= 0.6 is 0 Å². The molecule has 0 aliphatic rings. The number of nitrogens with zero attached hydrogens (tertiary/aromatic N) is 2. The number of hydrogen-bond acceptors (Lipinski definition) is 5. The van der Waals surface area contributed by atoms with Crippen LogP contribution in [0.4, 0.5) is 0 Å². The Balaban J connectivity index is 2.41. The predicted octanol–water partition coefficient (Wildman–Crippen LogP) is 1.65. The van der Waals surface area contributed by atoms with E-state index in [1.54, 1.807) is 21.3 Å². The van der Waals surface area contributed by atoms with Crippen molar-refractivity contribution in [3.63, 3.8) is 0 Å². The average Bonchev–Trinajstić information content (AvgIpc) is 2.67. The number of methoxy groups -OCH3 is 2. The van der Waals surface area contributed by atoms with Crippen molar-refractivity contribution in [3.8, 4) is 5.75 Å². The fourth-order valence-corrected chi connectivity index (χ4v) is 2.49. The van der Waals surface area contributed by atoms with Crippen LogP contribution in [0.2, 0.25) is 0 Å². The summed E-state index contributed by atoms with van der Waals surface area (Å²) in [6, 6.07) is 6.23. The Morgan fingerprint density at radius 2 is 1.85 bits per heavy atom. The van der Waals surface area contributed by atoms with Gasteiger partial charge < -0.3 is 29.7 Å². The molecule has 154 valence electrons. The summed E-state index contributed by atoms with van der Waals surface area (Å²) in [6.45, 7) is 7.41. The van der Waals surface area contributed by atoms with E-state index in [4.69, 9.17) is 14.2 Å². The number of nitrogens with one attached hydrogen (secondary N) is 2. The first-order valence-corrected chi connectivity index (χ1v) is 9.44. The first kappa shape index (κ1) is 23.2. The lowest BCUT2D eigenvalue weighted by Crippen LogP contribution is -2.38. The number of hydrogen-bond donors (Lipinski definition) is 2. The number of ether oxygens (including phenoxy) is 3. The molecular weight excluding hydrogens is 344 g/mol. The van der Waals surface area contributed by atoms with Crippen molar-refractivity contribution in [2.75, 3.05) is 67.8 Å². The Labute approximate surface area is 164 Å². The molecule has 7 nitrogen and oxygen atoms in total. The molecule has 0 saturated heterocycles. The van der Waals surface area contributed by atoms with Gasteiger partial charge in [-0.15, -0.1) is 0 Å². The molecule has 0 atom stereocenters. The van der Waals surface area contributed by atoms with E-state index in [0.717, 1.165) is 49.9 Å². The van der Waals surface area contributed by atoms with E-state index in [2.05, 4.69) is 52.7 Å². The highest BCUT2D eigenvalue weighted by Gasteiger charge is 2.06. The molecule has 27 heavy (non-hydrogen) atoms. The summed E-state index contributed by atoms with van der Waals surface area (Å²) in [5.41, 5.74) is 2.27. The fraction of sp³-hybridized carbons (Fsp3) is 0.650. The van der Waals surface area contributed by atoms with Crippen LogP contribution in [-0.4, -0.2) is 78.6 Å². The molecule has 0 aliphatic heterocycles. The molecule has 0 spiro atoms. The molecule has 0 heterocycles. The summed E-state index contributed by atoms with van der Waals surface area (Å²) in [6.07, 6.45) is 1.04. The summed E-state index contributed by atoms with van der Waals surface area (Å²) in [7, 11) is 7.29. The van der Waals surface area contributed by atoms with Crippen molar-refractivity contribution < 1.29 is 14.2 Å². The largest absolute Gasteiger partial charge is 0.491 e. The molecule has 7 heteroatoms. The molecule has 0 radical (unpaired) electrons. The van der Waals surface area contributed by atoms with E-state index < -0.39 is 0 Å². The van der Waals surface area contributed by atoms with Crippen LogP contribution in [0.15, 0.2) is 23.2 Å². The minimum Gasteiger partial charge on any atom is -0.491 e. The Kier molecular flexibility index (Phi) is 12.3. The molecular formula is C20H36N4O3. The third-order valence-corrected chi connectivity index (χ3v) is 4.12. The topological polar surface area (TPSA) is 67.4 Å². The molecule has 0 saturated carbocycles. The number of aryl methyl sites for hydroxylation is 1. The smallest absolute Gasteiger partial charge is 0.191 e. The standard InChI is InChI=1S/C20H36N4O3/c1-17-7-8-18(19(15-17)27-14-13-26-5)16-23-20(21-2)22-9-6-10-24(3)11-12-25-4/h7-8,15H,6,9-14,16H2,1-5H3,(H2,21,22,23). The Morgan fingerprint density at radius 1 is 1.07 bits per heavy atom. The Hall–Kier alpha value is -1.83. The third kappa shape index (κ3) is 10.2. The lowest BCUT2D eigenvalue weighted by molar-refractivity contribution is 0.145. The van der Waals surface area contributed by atoms with Gasteiger partial charge >= 0.3 is 0 Å². The third-order valence-electron chi connectivity index (χ3n) is 4.12. The SMILES string of the molecule is CN=C(NCCCN(C)CCOC)NCc1ccc(C)cc1OCCOC. The number of rotatable bonds is 13. The van der Waals surface area contributed by atoms with Crippen molar-refractivity contribution in [2.45, 2.75) is 19.9 Å². The van der Waals surface area contributed by atoms with Gasteiger partial charge in [-0.05, 0) is 38.6 Å². The van der Waals surface area contributed by atoms with Crippen molar-refractivity contribution in [1.82, 2.24) is 15.5 Å². The molecule has 1 aromatic carbocycles. The van der Waals surface area contributed by atoms with Crippen LogP contribution in [0.3, 0.4) is 0 Å². The monoisotopic (exact) mass is 380 g/mol. The Morgan fingerprint density at radius 3 is 2.56 bits per heavy atom. The highest BCUT2D eigenvalue weighted by Crippen LogP contribution is 2.20. The highest BCUT2D eigenvalue weighted by atomic mass is 16.5. The maximum Gasteiger partial charge on any atom is 0.191 e. The average molecular weight is 381 g/mol.